The fourth-order valence-electron chi connectivity index (χ4n) is 1.44. The van der Waals surface area contributed by atoms with Gasteiger partial charge in [-0.15, -0.1) is 0 Å². The van der Waals surface area contributed by atoms with Gasteiger partial charge in [-0.25, -0.2) is 13.6 Å². The molecule has 0 saturated carbocycles. The van der Waals surface area contributed by atoms with Gasteiger partial charge in [-0.1, -0.05) is 31.9 Å². The molecule has 0 atom stereocenters. The smallest absolute Gasteiger partial charge is 0.349 e. The van der Waals surface area contributed by atoms with Crippen LogP contribution in [-0.4, -0.2) is 12.6 Å². The quantitative estimate of drug-likeness (QED) is 0.539. The molecule has 0 heterocycles. The number of carbonyl (C=O) groups excluding carboxylic acids is 1. The van der Waals surface area contributed by atoms with Crippen LogP contribution in [0.4, 0.5) is 8.78 Å². The van der Waals surface area contributed by atoms with Crippen LogP contribution in [0.3, 0.4) is 0 Å². The predicted molar refractivity (Wildman–Crippen MR) is 79.3 cm³/mol. The zero-order valence-electron chi connectivity index (χ0n) is 10.4. The first-order valence-electron chi connectivity index (χ1n) is 5.69. The molecule has 0 N–H and O–H groups in total. The van der Waals surface area contributed by atoms with Crippen LogP contribution >= 0.6 is 31.9 Å². The van der Waals surface area contributed by atoms with Gasteiger partial charge < -0.3 is 9.47 Å². The first-order valence-corrected chi connectivity index (χ1v) is 7.28. The van der Waals surface area contributed by atoms with Crippen LogP contribution in [0, 0.1) is 11.6 Å². The number of hydrogen-bond donors (Lipinski definition) is 0. The molecule has 2 rings (SSSR count). The Bertz CT molecular complexity index is 677. The number of ether oxygens (including phenoxy) is 2. The van der Waals surface area contributed by atoms with E-state index in [0.717, 1.165) is 6.07 Å². The van der Waals surface area contributed by atoms with Gasteiger partial charge in [0.15, 0.2) is 29.7 Å². The lowest BCUT2D eigenvalue weighted by Gasteiger charge is -2.08. The fourth-order valence-corrected chi connectivity index (χ4v) is 2.11. The monoisotopic (exact) mass is 420 g/mol. The molecule has 3 nitrogen and oxygen atoms in total. The zero-order chi connectivity index (χ0) is 15.4. The molecule has 0 amide bonds. The molecule has 110 valence electrons. The van der Waals surface area contributed by atoms with E-state index in [4.69, 9.17) is 9.47 Å². The van der Waals surface area contributed by atoms with Crippen molar-refractivity contribution in [3.63, 3.8) is 0 Å². The average Bonchev–Trinajstić information content (AvgIpc) is 2.41. The second-order valence-electron chi connectivity index (χ2n) is 3.91. The van der Waals surface area contributed by atoms with E-state index in [-0.39, 0.29) is 11.5 Å². The van der Waals surface area contributed by atoms with E-state index in [2.05, 4.69) is 31.9 Å². The van der Waals surface area contributed by atoms with Gasteiger partial charge in [-0.3, -0.25) is 0 Å². The summed E-state index contributed by atoms with van der Waals surface area (Å²) in [7, 11) is 0. The molecule has 0 aromatic heterocycles. The van der Waals surface area contributed by atoms with E-state index in [1.54, 1.807) is 6.07 Å². The highest BCUT2D eigenvalue weighted by Crippen LogP contribution is 2.23. The lowest BCUT2D eigenvalue weighted by Crippen LogP contribution is -2.18. The van der Waals surface area contributed by atoms with Gasteiger partial charge in [0.1, 0.15) is 0 Å². The van der Waals surface area contributed by atoms with E-state index < -0.39 is 24.2 Å². The minimum atomic E-state index is -0.835. The van der Waals surface area contributed by atoms with Crippen molar-refractivity contribution in [2.75, 3.05) is 6.61 Å². The first kappa shape index (κ1) is 15.9. The van der Waals surface area contributed by atoms with Crippen molar-refractivity contribution in [2.24, 2.45) is 0 Å². The van der Waals surface area contributed by atoms with Crippen LogP contribution < -0.4 is 9.47 Å². The average molecular weight is 422 g/mol. The van der Waals surface area contributed by atoms with Gasteiger partial charge in [-0.2, -0.15) is 0 Å². The van der Waals surface area contributed by atoms with Gasteiger partial charge in [0, 0.05) is 8.95 Å². The third-order valence-electron chi connectivity index (χ3n) is 2.36. The lowest BCUT2D eigenvalue weighted by atomic mass is 10.3. The molecule has 0 aliphatic heterocycles. The Morgan fingerprint density at radius 2 is 1.48 bits per heavy atom. The summed E-state index contributed by atoms with van der Waals surface area (Å²) in [5.41, 5.74) is 0. The lowest BCUT2D eigenvalue weighted by molar-refractivity contribution is -0.136. The number of hydrogen-bond acceptors (Lipinski definition) is 3. The number of halogens is 4. The van der Waals surface area contributed by atoms with Crippen LogP contribution in [0.15, 0.2) is 45.3 Å². The van der Waals surface area contributed by atoms with E-state index >= 15 is 0 Å². The molecule has 0 saturated heterocycles. The normalized spacial score (nSPS) is 10.3. The summed E-state index contributed by atoms with van der Waals surface area (Å²) in [6.07, 6.45) is 0. The van der Waals surface area contributed by atoms with E-state index in [1.165, 1.54) is 24.3 Å². The van der Waals surface area contributed by atoms with Crippen molar-refractivity contribution < 1.29 is 23.0 Å². The molecule has 0 aliphatic rings. The highest BCUT2D eigenvalue weighted by Gasteiger charge is 2.12. The fraction of sp³-hybridized carbons (Fsp3) is 0.0714. The minimum Gasteiger partial charge on any atom is -0.479 e. The van der Waals surface area contributed by atoms with Crippen LogP contribution in [0.25, 0.3) is 0 Å². The maximum absolute atomic E-state index is 13.5. The van der Waals surface area contributed by atoms with E-state index in [0.29, 0.717) is 8.95 Å². The molecule has 0 aliphatic carbocycles. The highest BCUT2D eigenvalue weighted by molar-refractivity contribution is 9.10. The third-order valence-corrected chi connectivity index (χ3v) is 3.34. The summed E-state index contributed by atoms with van der Waals surface area (Å²) in [6, 6.07) is 8.14. The maximum atomic E-state index is 13.5. The number of rotatable bonds is 4. The Morgan fingerprint density at radius 3 is 2.00 bits per heavy atom. The number of carbonyl (C=O) groups is 1. The van der Waals surface area contributed by atoms with Crippen molar-refractivity contribution in [2.45, 2.75) is 0 Å². The van der Waals surface area contributed by atoms with Gasteiger partial charge in [0.05, 0.1) is 0 Å². The number of benzene rings is 2. The summed E-state index contributed by atoms with van der Waals surface area (Å²) in [5.74, 6) is -2.45. The summed E-state index contributed by atoms with van der Waals surface area (Å²) < 4.78 is 37.8. The SMILES string of the molecule is O=C(COc1ccc(Br)cc1F)Oc1ccc(Br)cc1F. The largest absolute Gasteiger partial charge is 0.479 e. The molecule has 0 spiro atoms. The molecular formula is C14H8Br2F2O3. The summed E-state index contributed by atoms with van der Waals surface area (Å²) >= 11 is 6.19. The Labute approximate surface area is 136 Å². The minimum absolute atomic E-state index is 0.0913. The Morgan fingerprint density at radius 1 is 0.952 bits per heavy atom. The molecule has 2 aromatic rings. The van der Waals surface area contributed by atoms with Gasteiger partial charge in [0.2, 0.25) is 0 Å². The molecule has 0 fully saturated rings. The summed E-state index contributed by atoms with van der Waals surface area (Å²) in [4.78, 5) is 11.5. The topological polar surface area (TPSA) is 35.5 Å². The molecular weight excluding hydrogens is 414 g/mol. The maximum Gasteiger partial charge on any atom is 0.349 e. The second kappa shape index (κ2) is 7.00. The van der Waals surface area contributed by atoms with E-state index in [9.17, 15) is 13.6 Å². The molecule has 0 bridgehead atoms. The van der Waals surface area contributed by atoms with Gasteiger partial charge >= 0.3 is 5.97 Å². The second-order valence-corrected chi connectivity index (χ2v) is 5.74. The van der Waals surface area contributed by atoms with Crippen molar-refractivity contribution in [1.29, 1.82) is 0 Å². The van der Waals surface area contributed by atoms with Gasteiger partial charge in [0.25, 0.3) is 0 Å². The van der Waals surface area contributed by atoms with E-state index in [1.807, 2.05) is 0 Å². The van der Waals surface area contributed by atoms with Crippen molar-refractivity contribution >= 4 is 37.8 Å². The highest BCUT2D eigenvalue weighted by atomic mass is 79.9. The van der Waals surface area contributed by atoms with Crippen LogP contribution in [0.2, 0.25) is 0 Å². The standard InChI is InChI=1S/C14H8Br2F2O3/c15-8-1-3-12(10(17)5-8)20-7-14(19)21-13-4-2-9(16)6-11(13)18/h1-6H,7H2. The molecule has 2 aromatic carbocycles. The van der Waals surface area contributed by atoms with Crippen LogP contribution in [0.1, 0.15) is 0 Å². The number of esters is 1. The Hall–Kier alpha value is -1.47. The predicted octanol–water partition coefficient (Wildman–Crippen LogP) is 4.47. The van der Waals surface area contributed by atoms with Gasteiger partial charge in [-0.05, 0) is 36.4 Å². The summed E-state index contributed by atoms with van der Waals surface area (Å²) in [6.45, 7) is -0.534. The zero-order valence-corrected chi connectivity index (χ0v) is 13.6. The molecule has 21 heavy (non-hydrogen) atoms. The van der Waals surface area contributed by atoms with Crippen molar-refractivity contribution in [3.8, 4) is 11.5 Å². The molecule has 0 unspecified atom stereocenters. The van der Waals surface area contributed by atoms with Crippen molar-refractivity contribution in [3.05, 3.63) is 57.0 Å². The summed E-state index contributed by atoms with van der Waals surface area (Å²) in [5, 5.41) is 0. The van der Waals surface area contributed by atoms with Crippen LogP contribution in [0.5, 0.6) is 11.5 Å². The molecule has 0 radical (unpaired) electrons. The Balaban J connectivity index is 1.96. The Kier molecular flexibility index (Phi) is 5.30. The first-order chi connectivity index (χ1) is 9.95. The van der Waals surface area contributed by atoms with Crippen LogP contribution in [-0.2, 0) is 4.79 Å². The third kappa shape index (κ3) is 4.50. The van der Waals surface area contributed by atoms with Crippen molar-refractivity contribution in [1.82, 2.24) is 0 Å². The molecule has 7 heteroatoms.